The molecule has 5 nitrogen and oxygen atoms in total. The first kappa shape index (κ1) is 13.5. The number of fused-ring (bicyclic) bond motifs is 1. The van der Waals surface area contributed by atoms with Crippen LogP contribution in [0.1, 0.15) is 25.1 Å². The van der Waals surface area contributed by atoms with Crippen molar-refractivity contribution < 1.29 is 9.90 Å². The number of nitrogens with one attached hydrogen (secondary N) is 1. The van der Waals surface area contributed by atoms with E-state index in [-0.39, 0.29) is 5.92 Å². The minimum atomic E-state index is -0.824. The maximum atomic E-state index is 11.1. The van der Waals surface area contributed by atoms with Crippen molar-refractivity contribution in [3.05, 3.63) is 35.8 Å². The molecule has 102 valence electrons. The zero-order valence-electron chi connectivity index (χ0n) is 11.4. The Morgan fingerprint density at radius 1 is 1.53 bits per heavy atom. The number of hydrogen-bond acceptors (Lipinski definition) is 3. The number of carboxylic acids is 1. The maximum absolute atomic E-state index is 11.1. The van der Waals surface area contributed by atoms with Gasteiger partial charge in [0.25, 0.3) is 0 Å². The van der Waals surface area contributed by atoms with E-state index < -0.39 is 12.0 Å². The van der Waals surface area contributed by atoms with Gasteiger partial charge < -0.3 is 9.51 Å². The summed E-state index contributed by atoms with van der Waals surface area (Å²) in [6.45, 7) is 6.24. The minimum absolute atomic E-state index is 0.0382. The van der Waals surface area contributed by atoms with Crippen LogP contribution in [-0.2, 0) is 11.3 Å². The maximum Gasteiger partial charge on any atom is 0.320 e. The van der Waals surface area contributed by atoms with Gasteiger partial charge in [-0.2, -0.15) is 0 Å². The second-order valence-electron chi connectivity index (χ2n) is 5.10. The van der Waals surface area contributed by atoms with Gasteiger partial charge in [-0.1, -0.05) is 19.9 Å². The van der Waals surface area contributed by atoms with Gasteiger partial charge in [0, 0.05) is 18.9 Å². The molecule has 0 aliphatic rings. The first-order valence-corrected chi connectivity index (χ1v) is 6.38. The summed E-state index contributed by atoms with van der Waals surface area (Å²) in [6.07, 6.45) is 3.87. The fourth-order valence-corrected chi connectivity index (χ4v) is 2.11. The van der Waals surface area contributed by atoms with Crippen molar-refractivity contribution in [2.75, 3.05) is 0 Å². The van der Waals surface area contributed by atoms with Crippen LogP contribution in [-0.4, -0.2) is 26.5 Å². The first-order chi connectivity index (χ1) is 8.99. The van der Waals surface area contributed by atoms with Crippen molar-refractivity contribution in [1.82, 2.24) is 14.7 Å². The molecule has 5 heteroatoms. The number of carboxylic acid groups (broad SMARTS) is 1. The van der Waals surface area contributed by atoms with Crippen molar-refractivity contribution in [3.8, 4) is 0 Å². The molecular weight excluding hydrogens is 242 g/mol. The number of aliphatic carboxylic acids is 1. The van der Waals surface area contributed by atoms with Crippen molar-refractivity contribution in [1.29, 1.82) is 0 Å². The van der Waals surface area contributed by atoms with E-state index in [1.54, 1.807) is 0 Å². The predicted octanol–water partition coefficient (Wildman–Crippen LogP) is 1.84. The largest absolute Gasteiger partial charge is 0.480 e. The van der Waals surface area contributed by atoms with E-state index in [0.29, 0.717) is 6.54 Å². The van der Waals surface area contributed by atoms with Crippen LogP contribution < -0.4 is 5.32 Å². The van der Waals surface area contributed by atoms with Gasteiger partial charge in [0.15, 0.2) is 0 Å². The summed E-state index contributed by atoms with van der Waals surface area (Å²) in [6, 6.07) is 3.43. The lowest BCUT2D eigenvalue weighted by Gasteiger charge is -2.16. The number of pyridine rings is 1. The summed E-state index contributed by atoms with van der Waals surface area (Å²) in [7, 11) is 0. The molecule has 2 N–H and O–H groups in total. The predicted molar refractivity (Wildman–Crippen MR) is 73.0 cm³/mol. The number of aryl methyl sites for hydroxylation is 1. The van der Waals surface area contributed by atoms with Crippen LogP contribution in [0.2, 0.25) is 0 Å². The molecule has 0 aliphatic heterocycles. The molecule has 1 atom stereocenters. The summed E-state index contributed by atoms with van der Waals surface area (Å²) >= 11 is 0. The fourth-order valence-electron chi connectivity index (χ4n) is 2.11. The van der Waals surface area contributed by atoms with Crippen molar-refractivity contribution in [2.24, 2.45) is 5.92 Å². The van der Waals surface area contributed by atoms with Gasteiger partial charge in [-0.25, -0.2) is 4.98 Å². The van der Waals surface area contributed by atoms with Crippen LogP contribution in [0, 0.1) is 12.8 Å². The van der Waals surface area contributed by atoms with Gasteiger partial charge in [0.2, 0.25) is 0 Å². The van der Waals surface area contributed by atoms with Crippen molar-refractivity contribution in [2.45, 2.75) is 33.4 Å². The molecule has 2 rings (SSSR count). The zero-order chi connectivity index (χ0) is 14.0. The van der Waals surface area contributed by atoms with Crippen molar-refractivity contribution in [3.63, 3.8) is 0 Å². The SMILES string of the molecule is Cc1cccn2cc(CNC(C(=O)O)C(C)C)nc12. The van der Waals surface area contributed by atoms with Gasteiger partial charge >= 0.3 is 5.97 Å². The molecule has 19 heavy (non-hydrogen) atoms. The number of nitrogens with zero attached hydrogens (tertiary/aromatic N) is 2. The smallest absolute Gasteiger partial charge is 0.320 e. The van der Waals surface area contributed by atoms with E-state index in [9.17, 15) is 4.79 Å². The molecule has 2 aromatic rings. The fraction of sp³-hybridized carbons (Fsp3) is 0.429. The first-order valence-electron chi connectivity index (χ1n) is 6.38. The highest BCUT2D eigenvalue weighted by atomic mass is 16.4. The normalized spacial score (nSPS) is 13.1. The molecule has 0 aliphatic carbocycles. The lowest BCUT2D eigenvalue weighted by atomic mass is 10.1. The number of aromatic nitrogens is 2. The van der Waals surface area contributed by atoms with Crippen LogP contribution in [0.15, 0.2) is 24.5 Å². The Bertz CT molecular complexity index is 589. The number of rotatable bonds is 5. The van der Waals surface area contributed by atoms with Gasteiger partial charge in [-0.3, -0.25) is 10.1 Å². The summed E-state index contributed by atoms with van der Waals surface area (Å²) in [4.78, 5) is 15.6. The Hall–Kier alpha value is -1.88. The lowest BCUT2D eigenvalue weighted by molar-refractivity contribution is -0.140. The van der Waals surface area contributed by atoms with E-state index in [0.717, 1.165) is 16.9 Å². The van der Waals surface area contributed by atoms with Crippen LogP contribution in [0.25, 0.3) is 5.65 Å². The molecular formula is C14H19N3O2. The van der Waals surface area contributed by atoms with Crippen molar-refractivity contribution >= 4 is 11.6 Å². The number of hydrogen-bond donors (Lipinski definition) is 2. The highest BCUT2D eigenvalue weighted by Crippen LogP contribution is 2.10. The Labute approximate surface area is 112 Å². The van der Waals surface area contributed by atoms with Gasteiger partial charge in [-0.05, 0) is 24.5 Å². The lowest BCUT2D eigenvalue weighted by Crippen LogP contribution is -2.40. The molecule has 0 fully saturated rings. The molecule has 0 aromatic carbocycles. The molecule has 0 saturated carbocycles. The van der Waals surface area contributed by atoms with Gasteiger partial charge in [0.05, 0.1) is 5.69 Å². The summed E-state index contributed by atoms with van der Waals surface area (Å²) in [5, 5.41) is 12.2. The Kier molecular flexibility index (Phi) is 3.85. The number of carbonyl (C=O) groups is 1. The Balaban J connectivity index is 2.13. The minimum Gasteiger partial charge on any atom is -0.480 e. The average molecular weight is 261 g/mol. The zero-order valence-corrected chi connectivity index (χ0v) is 11.4. The Morgan fingerprint density at radius 2 is 2.26 bits per heavy atom. The van der Waals surface area contributed by atoms with E-state index >= 15 is 0 Å². The molecule has 0 radical (unpaired) electrons. The molecule has 0 spiro atoms. The Morgan fingerprint density at radius 3 is 2.84 bits per heavy atom. The van der Waals surface area contributed by atoms with E-state index in [2.05, 4.69) is 10.3 Å². The quantitative estimate of drug-likeness (QED) is 0.862. The monoisotopic (exact) mass is 261 g/mol. The highest BCUT2D eigenvalue weighted by molar-refractivity contribution is 5.73. The molecule has 0 saturated heterocycles. The highest BCUT2D eigenvalue weighted by Gasteiger charge is 2.20. The second kappa shape index (κ2) is 5.40. The summed E-state index contributed by atoms with van der Waals surface area (Å²) < 4.78 is 1.96. The molecule has 0 amide bonds. The standard InChI is InChI=1S/C14H19N3O2/c1-9(2)12(14(18)19)15-7-11-8-17-6-4-5-10(3)13(17)16-11/h4-6,8-9,12,15H,7H2,1-3H3,(H,18,19). The van der Waals surface area contributed by atoms with Crippen LogP contribution in [0.3, 0.4) is 0 Å². The summed E-state index contributed by atoms with van der Waals surface area (Å²) in [5.41, 5.74) is 2.87. The topological polar surface area (TPSA) is 66.6 Å². The third-order valence-corrected chi connectivity index (χ3v) is 3.16. The third-order valence-electron chi connectivity index (χ3n) is 3.16. The molecule has 1 unspecified atom stereocenters. The molecule has 0 bridgehead atoms. The van der Waals surface area contributed by atoms with Gasteiger partial charge in [0.1, 0.15) is 11.7 Å². The van der Waals surface area contributed by atoms with E-state index in [4.69, 9.17) is 5.11 Å². The molecule has 2 aromatic heterocycles. The third kappa shape index (κ3) is 2.93. The summed E-state index contributed by atoms with van der Waals surface area (Å²) in [5.74, 6) is -0.786. The van der Waals surface area contributed by atoms with Crippen LogP contribution in [0.5, 0.6) is 0 Å². The van der Waals surface area contributed by atoms with E-state index in [1.165, 1.54) is 0 Å². The molecule has 2 heterocycles. The van der Waals surface area contributed by atoms with E-state index in [1.807, 2.05) is 49.7 Å². The van der Waals surface area contributed by atoms with Crippen LogP contribution >= 0.6 is 0 Å². The average Bonchev–Trinajstić information content (AvgIpc) is 2.72. The number of imidazole rings is 1. The second-order valence-corrected chi connectivity index (χ2v) is 5.10. The van der Waals surface area contributed by atoms with Gasteiger partial charge in [-0.15, -0.1) is 0 Å². The van der Waals surface area contributed by atoms with Crippen LogP contribution in [0.4, 0.5) is 0 Å².